The Morgan fingerprint density at radius 2 is 2.15 bits per heavy atom. The minimum absolute atomic E-state index is 0.400. The van der Waals surface area contributed by atoms with Crippen LogP contribution < -0.4 is 10.5 Å². The molecule has 1 saturated heterocycles. The third kappa shape index (κ3) is 4.44. The summed E-state index contributed by atoms with van der Waals surface area (Å²) in [5.74, 6) is 0.821. The summed E-state index contributed by atoms with van der Waals surface area (Å²) in [4.78, 5) is 2.81. The van der Waals surface area contributed by atoms with E-state index in [9.17, 15) is 0 Å². The molecule has 0 spiro atoms. The standard InChI is InChI=1S/C15H22N2O2S/c1-18-13-5-7-17(8-6-13)9-10-19-14-4-2-3-12(11-14)15(16)20/h2-4,11,13H,5-10H2,1H3,(H2,16,20). The van der Waals surface area contributed by atoms with E-state index in [1.54, 1.807) is 7.11 Å². The molecule has 1 aromatic carbocycles. The van der Waals surface area contributed by atoms with Crippen molar-refractivity contribution in [3.63, 3.8) is 0 Å². The van der Waals surface area contributed by atoms with Gasteiger partial charge in [0.2, 0.25) is 0 Å². The fourth-order valence-corrected chi connectivity index (χ4v) is 2.53. The maximum Gasteiger partial charge on any atom is 0.120 e. The Bertz CT molecular complexity index is 445. The van der Waals surface area contributed by atoms with Gasteiger partial charge in [-0.15, -0.1) is 0 Å². The van der Waals surface area contributed by atoms with Crippen LogP contribution in [0.4, 0.5) is 0 Å². The number of ether oxygens (including phenoxy) is 2. The maximum atomic E-state index is 5.76. The van der Waals surface area contributed by atoms with Crippen LogP contribution in [0.25, 0.3) is 0 Å². The van der Waals surface area contributed by atoms with Gasteiger partial charge in [-0.1, -0.05) is 24.4 Å². The summed E-state index contributed by atoms with van der Waals surface area (Å²) >= 11 is 4.96. The molecular weight excluding hydrogens is 272 g/mol. The molecule has 1 fully saturated rings. The molecule has 0 unspecified atom stereocenters. The van der Waals surface area contributed by atoms with Crippen LogP contribution in [0.2, 0.25) is 0 Å². The van der Waals surface area contributed by atoms with Crippen molar-refractivity contribution in [3.05, 3.63) is 29.8 Å². The van der Waals surface area contributed by atoms with E-state index in [-0.39, 0.29) is 0 Å². The number of piperidine rings is 1. The molecule has 4 nitrogen and oxygen atoms in total. The molecule has 5 heteroatoms. The first kappa shape index (κ1) is 15.2. The molecule has 0 saturated carbocycles. The number of hydrogen-bond donors (Lipinski definition) is 1. The van der Waals surface area contributed by atoms with Crippen LogP contribution in [0.1, 0.15) is 18.4 Å². The Labute approximate surface area is 125 Å². The lowest BCUT2D eigenvalue weighted by atomic mass is 10.1. The Kier molecular flexibility index (Phi) is 5.76. The van der Waals surface area contributed by atoms with Crippen LogP contribution in [-0.4, -0.2) is 49.3 Å². The zero-order valence-electron chi connectivity index (χ0n) is 11.9. The Hall–Kier alpha value is -1.17. The SMILES string of the molecule is COC1CCN(CCOc2cccc(C(N)=S)c2)CC1. The Balaban J connectivity index is 1.73. The molecule has 0 atom stereocenters. The van der Waals surface area contributed by atoms with Gasteiger partial charge < -0.3 is 15.2 Å². The molecular formula is C15H22N2O2S. The first-order valence-corrected chi connectivity index (χ1v) is 7.37. The smallest absolute Gasteiger partial charge is 0.120 e. The lowest BCUT2D eigenvalue weighted by Gasteiger charge is -2.30. The Morgan fingerprint density at radius 3 is 2.80 bits per heavy atom. The predicted molar refractivity (Wildman–Crippen MR) is 84.3 cm³/mol. The van der Waals surface area contributed by atoms with Crippen LogP contribution in [-0.2, 0) is 4.74 Å². The minimum atomic E-state index is 0.400. The zero-order chi connectivity index (χ0) is 14.4. The number of rotatable bonds is 6. The third-order valence-corrected chi connectivity index (χ3v) is 3.90. The van der Waals surface area contributed by atoms with Gasteiger partial charge in [-0.3, -0.25) is 4.90 Å². The summed E-state index contributed by atoms with van der Waals surface area (Å²) in [5.41, 5.74) is 6.46. The van der Waals surface area contributed by atoms with Crippen molar-refractivity contribution in [1.29, 1.82) is 0 Å². The number of thiocarbonyl (C=S) groups is 1. The second kappa shape index (κ2) is 7.57. The first-order valence-electron chi connectivity index (χ1n) is 6.97. The van der Waals surface area contributed by atoms with Crippen LogP contribution in [0.3, 0.4) is 0 Å². The van der Waals surface area contributed by atoms with E-state index in [1.165, 1.54) is 0 Å². The molecule has 2 rings (SSSR count). The molecule has 1 heterocycles. The molecule has 1 aromatic rings. The van der Waals surface area contributed by atoms with Crippen molar-refractivity contribution in [2.24, 2.45) is 5.73 Å². The second-order valence-corrected chi connectivity index (χ2v) is 5.46. The summed E-state index contributed by atoms with van der Waals surface area (Å²) in [5, 5.41) is 0. The molecule has 110 valence electrons. The van der Waals surface area contributed by atoms with Gasteiger partial charge in [-0.05, 0) is 25.0 Å². The summed E-state index contributed by atoms with van der Waals surface area (Å²) in [6.45, 7) is 3.77. The lowest BCUT2D eigenvalue weighted by molar-refractivity contribution is 0.0375. The highest BCUT2D eigenvalue weighted by atomic mass is 32.1. The predicted octanol–water partition coefficient (Wildman–Crippen LogP) is 1.81. The van der Waals surface area contributed by atoms with E-state index >= 15 is 0 Å². The number of methoxy groups -OCH3 is 1. The average molecular weight is 294 g/mol. The highest BCUT2D eigenvalue weighted by Gasteiger charge is 2.18. The van der Waals surface area contributed by atoms with Crippen LogP contribution in [0.5, 0.6) is 5.75 Å². The first-order chi connectivity index (χ1) is 9.69. The van der Waals surface area contributed by atoms with E-state index in [2.05, 4.69) is 4.90 Å². The highest BCUT2D eigenvalue weighted by Crippen LogP contribution is 2.15. The minimum Gasteiger partial charge on any atom is -0.492 e. The average Bonchev–Trinajstić information content (AvgIpc) is 2.48. The number of likely N-dealkylation sites (tertiary alicyclic amines) is 1. The maximum absolute atomic E-state index is 5.76. The summed E-state index contributed by atoms with van der Waals surface area (Å²) in [7, 11) is 1.79. The van der Waals surface area contributed by atoms with Gasteiger partial charge >= 0.3 is 0 Å². The number of nitrogens with two attached hydrogens (primary N) is 1. The molecule has 1 aliphatic heterocycles. The van der Waals surface area contributed by atoms with Crippen LogP contribution >= 0.6 is 12.2 Å². The zero-order valence-corrected chi connectivity index (χ0v) is 12.7. The molecule has 2 N–H and O–H groups in total. The van der Waals surface area contributed by atoms with Gasteiger partial charge in [-0.2, -0.15) is 0 Å². The molecule has 0 radical (unpaired) electrons. The van der Waals surface area contributed by atoms with Crippen molar-refractivity contribution < 1.29 is 9.47 Å². The number of hydrogen-bond acceptors (Lipinski definition) is 4. The quantitative estimate of drug-likeness (QED) is 0.811. The normalized spacial score (nSPS) is 17.1. The molecule has 1 aliphatic rings. The number of nitrogens with zero attached hydrogens (tertiary/aromatic N) is 1. The van der Waals surface area contributed by atoms with Gasteiger partial charge in [0.15, 0.2) is 0 Å². The second-order valence-electron chi connectivity index (χ2n) is 5.02. The van der Waals surface area contributed by atoms with E-state index in [4.69, 9.17) is 27.4 Å². The van der Waals surface area contributed by atoms with Crippen molar-refractivity contribution in [3.8, 4) is 5.75 Å². The summed E-state index contributed by atoms with van der Waals surface area (Å²) < 4.78 is 11.1. The van der Waals surface area contributed by atoms with E-state index in [1.807, 2.05) is 24.3 Å². The van der Waals surface area contributed by atoms with Crippen LogP contribution in [0, 0.1) is 0 Å². The van der Waals surface area contributed by atoms with Gasteiger partial charge in [-0.25, -0.2) is 0 Å². The monoisotopic (exact) mass is 294 g/mol. The largest absolute Gasteiger partial charge is 0.492 e. The van der Waals surface area contributed by atoms with Crippen molar-refractivity contribution >= 4 is 17.2 Å². The fourth-order valence-electron chi connectivity index (χ4n) is 2.40. The molecule has 0 bridgehead atoms. The molecule has 0 amide bonds. The summed E-state index contributed by atoms with van der Waals surface area (Å²) in [6.07, 6.45) is 2.63. The summed E-state index contributed by atoms with van der Waals surface area (Å²) in [6, 6.07) is 7.62. The van der Waals surface area contributed by atoms with Crippen molar-refractivity contribution in [2.45, 2.75) is 18.9 Å². The lowest BCUT2D eigenvalue weighted by Crippen LogP contribution is -2.38. The fraction of sp³-hybridized carbons (Fsp3) is 0.533. The van der Waals surface area contributed by atoms with E-state index in [0.717, 1.165) is 43.8 Å². The molecule has 0 aliphatic carbocycles. The van der Waals surface area contributed by atoms with E-state index < -0.39 is 0 Å². The van der Waals surface area contributed by atoms with E-state index in [0.29, 0.717) is 17.7 Å². The van der Waals surface area contributed by atoms with Gasteiger partial charge in [0, 0.05) is 32.3 Å². The van der Waals surface area contributed by atoms with Gasteiger partial charge in [0.1, 0.15) is 17.3 Å². The molecule has 20 heavy (non-hydrogen) atoms. The van der Waals surface area contributed by atoms with Gasteiger partial charge in [0.05, 0.1) is 6.10 Å². The van der Waals surface area contributed by atoms with Crippen LogP contribution in [0.15, 0.2) is 24.3 Å². The Morgan fingerprint density at radius 1 is 1.40 bits per heavy atom. The highest BCUT2D eigenvalue weighted by molar-refractivity contribution is 7.80. The van der Waals surface area contributed by atoms with Gasteiger partial charge in [0.25, 0.3) is 0 Å². The molecule has 0 aromatic heterocycles. The van der Waals surface area contributed by atoms with Crippen molar-refractivity contribution in [2.75, 3.05) is 33.4 Å². The third-order valence-electron chi connectivity index (χ3n) is 3.66. The number of benzene rings is 1. The topological polar surface area (TPSA) is 47.7 Å². The van der Waals surface area contributed by atoms with Crippen molar-refractivity contribution in [1.82, 2.24) is 4.90 Å².